The lowest BCUT2D eigenvalue weighted by Gasteiger charge is -2.34. The fourth-order valence-corrected chi connectivity index (χ4v) is 6.00. The van der Waals surface area contributed by atoms with Gasteiger partial charge in [-0.25, -0.2) is 0 Å². The van der Waals surface area contributed by atoms with E-state index >= 15 is 0 Å². The van der Waals surface area contributed by atoms with E-state index in [4.69, 9.17) is 23.2 Å². The number of carbonyl (C=O) groups is 2. The van der Waals surface area contributed by atoms with Crippen molar-refractivity contribution in [3.63, 3.8) is 0 Å². The van der Waals surface area contributed by atoms with Gasteiger partial charge < -0.3 is 10.6 Å². The van der Waals surface area contributed by atoms with E-state index in [1.54, 1.807) is 24.3 Å². The minimum absolute atomic E-state index is 0.0505. The van der Waals surface area contributed by atoms with E-state index in [1.165, 1.54) is 32.1 Å². The Kier molecular flexibility index (Phi) is 10.3. The molecule has 0 aromatic heterocycles. The minimum atomic E-state index is -0.0505. The van der Waals surface area contributed by atoms with E-state index in [9.17, 15) is 9.59 Å². The van der Waals surface area contributed by atoms with Crippen molar-refractivity contribution >= 4 is 47.2 Å². The molecule has 2 saturated carbocycles. The molecule has 2 N–H and O–H groups in total. The Morgan fingerprint density at radius 3 is 1.41 bits per heavy atom. The second-order valence-corrected chi connectivity index (χ2v) is 11.2. The molecule has 0 unspecified atom stereocenters. The molecule has 0 bridgehead atoms. The van der Waals surface area contributed by atoms with Crippen LogP contribution in [-0.4, -0.2) is 23.9 Å². The summed E-state index contributed by atoms with van der Waals surface area (Å²) in [6.45, 7) is 0. The highest BCUT2D eigenvalue weighted by Crippen LogP contribution is 2.35. The van der Waals surface area contributed by atoms with Gasteiger partial charge in [0.05, 0.1) is 0 Å². The summed E-state index contributed by atoms with van der Waals surface area (Å²) in [7, 11) is 0. The van der Waals surface area contributed by atoms with E-state index in [1.807, 2.05) is 48.5 Å². The van der Waals surface area contributed by atoms with Crippen LogP contribution >= 0.6 is 23.2 Å². The lowest BCUT2D eigenvalue weighted by molar-refractivity contribution is -0.118. The third kappa shape index (κ3) is 8.76. The maximum atomic E-state index is 12.3. The van der Waals surface area contributed by atoms with Crippen LogP contribution in [0.2, 0.25) is 10.0 Å². The van der Waals surface area contributed by atoms with Gasteiger partial charge in [0.2, 0.25) is 11.8 Å². The van der Waals surface area contributed by atoms with Crippen LogP contribution in [0.15, 0.2) is 60.7 Å². The van der Waals surface area contributed by atoms with Crippen molar-refractivity contribution < 1.29 is 9.59 Å². The second-order valence-electron chi connectivity index (χ2n) is 10.4. The molecule has 2 aliphatic rings. The Bertz CT molecular complexity index is 1030. The lowest BCUT2D eigenvalue weighted by atomic mass is 9.75. The summed E-state index contributed by atoms with van der Waals surface area (Å²) in [4.78, 5) is 24.7. The van der Waals surface area contributed by atoms with E-state index in [0.29, 0.717) is 10.0 Å². The zero-order valence-corrected chi connectivity index (χ0v) is 22.7. The molecule has 4 rings (SSSR count). The van der Waals surface area contributed by atoms with Gasteiger partial charge in [-0.1, -0.05) is 59.6 Å². The average molecular weight is 540 g/mol. The van der Waals surface area contributed by atoms with Crippen LogP contribution in [0.1, 0.15) is 68.9 Å². The zero-order chi connectivity index (χ0) is 26.0. The normalized spacial score (nSPS) is 24.3. The maximum absolute atomic E-state index is 12.3. The first-order valence-corrected chi connectivity index (χ1v) is 14.2. The molecule has 37 heavy (non-hydrogen) atoms. The summed E-state index contributed by atoms with van der Waals surface area (Å²) in [5.74, 6) is 1.37. The number of rotatable bonds is 8. The van der Waals surface area contributed by atoms with Crippen molar-refractivity contribution in [2.45, 2.75) is 69.9 Å². The monoisotopic (exact) mass is 538 g/mol. The number of carbonyl (C=O) groups excluding carboxylic acids is 2. The standard InChI is InChI=1S/C31H36Cl2N2O2/c32-28-7-3-1-5-24(28)13-19-30(36)34-26-15-9-22(10-16-26)21-23-11-17-27(18-12-23)35-31(37)20-14-25-6-2-4-8-29(25)33/h1-8,13-14,19-20,22-23,26-27H,9-12,15-18,21H2,(H,34,36)(H,35,37)/b19-13+,20-14+. The number of hydrogen-bond donors (Lipinski definition) is 2. The predicted molar refractivity (Wildman–Crippen MR) is 153 cm³/mol. The summed E-state index contributed by atoms with van der Waals surface area (Å²) in [6.07, 6.45) is 16.8. The van der Waals surface area contributed by atoms with Crippen LogP contribution in [0.5, 0.6) is 0 Å². The molecular weight excluding hydrogens is 503 g/mol. The Morgan fingerprint density at radius 2 is 1.03 bits per heavy atom. The molecule has 0 spiro atoms. The second kappa shape index (κ2) is 13.8. The molecule has 6 heteroatoms. The van der Waals surface area contributed by atoms with Crippen LogP contribution in [0, 0.1) is 11.8 Å². The van der Waals surface area contributed by atoms with Gasteiger partial charge >= 0.3 is 0 Å². The number of halogens is 2. The summed E-state index contributed by atoms with van der Waals surface area (Å²) in [5.41, 5.74) is 1.71. The maximum Gasteiger partial charge on any atom is 0.244 e. The summed E-state index contributed by atoms with van der Waals surface area (Å²) < 4.78 is 0. The molecule has 2 aromatic rings. The van der Waals surface area contributed by atoms with Crippen molar-refractivity contribution in [1.82, 2.24) is 10.6 Å². The van der Waals surface area contributed by atoms with E-state index in [-0.39, 0.29) is 23.9 Å². The fraction of sp³-hybridized carbons (Fsp3) is 0.419. The first-order chi connectivity index (χ1) is 18.0. The van der Waals surface area contributed by atoms with Crippen LogP contribution in [0.4, 0.5) is 0 Å². The molecule has 0 radical (unpaired) electrons. The molecule has 0 saturated heterocycles. The van der Waals surface area contributed by atoms with Gasteiger partial charge in [-0.15, -0.1) is 0 Å². The molecule has 196 valence electrons. The molecule has 0 heterocycles. The van der Waals surface area contributed by atoms with Crippen molar-refractivity contribution in [3.05, 3.63) is 81.9 Å². The van der Waals surface area contributed by atoms with Crippen molar-refractivity contribution in [2.75, 3.05) is 0 Å². The quantitative estimate of drug-likeness (QED) is 0.342. The highest BCUT2D eigenvalue weighted by atomic mass is 35.5. The van der Waals surface area contributed by atoms with Gasteiger partial charge in [-0.3, -0.25) is 9.59 Å². The van der Waals surface area contributed by atoms with Gasteiger partial charge in [0, 0.05) is 34.3 Å². The predicted octanol–water partition coefficient (Wildman–Crippen LogP) is 7.46. The molecule has 4 nitrogen and oxygen atoms in total. The Morgan fingerprint density at radius 1 is 0.649 bits per heavy atom. The van der Waals surface area contributed by atoms with Crippen molar-refractivity contribution in [1.29, 1.82) is 0 Å². The van der Waals surface area contributed by atoms with Gasteiger partial charge in [0.25, 0.3) is 0 Å². The molecule has 2 fully saturated rings. The number of nitrogens with one attached hydrogen (secondary N) is 2. The largest absolute Gasteiger partial charge is 0.350 e. The highest BCUT2D eigenvalue weighted by molar-refractivity contribution is 6.32. The summed E-state index contributed by atoms with van der Waals surface area (Å²) in [5, 5.41) is 7.61. The van der Waals surface area contributed by atoms with Crippen molar-refractivity contribution in [3.8, 4) is 0 Å². The van der Waals surface area contributed by atoms with Crippen LogP contribution in [0.25, 0.3) is 12.2 Å². The van der Waals surface area contributed by atoms with E-state index < -0.39 is 0 Å². The summed E-state index contributed by atoms with van der Waals surface area (Å²) >= 11 is 12.3. The highest BCUT2D eigenvalue weighted by Gasteiger charge is 2.27. The van der Waals surface area contributed by atoms with Gasteiger partial charge in [0.15, 0.2) is 0 Å². The smallest absolute Gasteiger partial charge is 0.244 e. The molecule has 0 aliphatic heterocycles. The van der Waals surface area contributed by atoms with Crippen LogP contribution in [-0.2, 0) is 9.59 Å². The molecule has 2 amide bonds. The lowest BCUT2D eigenvalue weighted by Crippen LogP contribution is -2.38. The third-order valence-corrected chi connectivity index (χ3v) is 8.38. The SMILES string of the molecule is O=C(/C=C/c1ccccc1Cl)NC1CCC(CC2CCC(NC(=O)/C=C/c3ccccc3Cl)CC2)CC1. The Labute approximate surface area is 230 Å². The van der Waals surface area contributed by atoms with Gasteiger partial charge in [-0.2, -0.15) is 0 Å². The Balaban J connectivity index is 1.12. The zero-order valence-electron chi connectivity index (χ0n) is 21.2. The van der Waals surface area contributed by atoms with Gasteiger partial charge in [0.1, 0.15) is 0 Å². The molecular formula is C31H36Cl2N2O2. The molecule has 2 aromatic carbocycles. The molecule has 2 aliphatic carbocycles. The minimum Gasteiger partial charge on any atom is -0.350 e. The third-order valence-electron chi connectivity index (χ3n) is 7.69. The number of benzene rings is 2. The van der Waals surface area contributed by atoms with Crippen LogP contribution < -0.4 is 10.6 Å². The molecule has 0 atom stereocenters. The first-order valence-electron chi connectivity index (χ1n) is 13.4. The van der Waals surface area contributed by atoms with E-state index in [0.717, 1.165) is 48.6 Å². The van der Waals surface area contributed by atoms with Gasteiger partial charge in [-0.05, 0) is 105 Å². The Hall–Kier alpha value is -2.56. The first kappa shape index (κ1) is 27.5. The fourth-order valence-electron chi connectivity index (χ4n) is 5.61. The summed E-state index contributed by atoms with van der Waals surface area (Å²) in [6, 6.07) is 15.5. The van der Waals surface area contributed by atoms with Crippen molar-refractivity contribution in [2.24, 2.45) is 11.8 Å². The number of amides is 2. The topological polar surface area (TPSA) is 58.2 Å². The van der Waals surface area contributed by atoms with Crippen LogP contribution in [0.3, 0.4) is 0 Å². The van der Waals surface area contributed by atoms with E-state index in [2.05, 4.69) is 10.6 Å². The average Bonchev–Trinajstić information content (AvgIpc) is 2.90. The number of hydrogen-bond acceptors (Lipinski definition) is 2.